The van der Waals surface area contributed by atoms with Crippen LogP contribution in [0.25, 0.3) is 0 Å². The molecule has 1 aliphatic heterocycles. The number of nitrogens with one attached hydrogen (secondary N) is 1. The van der Waals surface area contributed by atoms with Crippen molar-refractivity contribution in [3.05, 3.63) is 76.1 Å². The van der Waals surface area contributed by atoms with Gasteiger partial charge in [-0.15, -0.1) is 0 Å². The second-order valence-corrected chi connectivity index (χ2v) is 8.01. The summed E-state index contributed by atoms with van der Waals surface area (Å²) in [5.74, 6) is 0.811. The summed E-state index contributed by atoms with van der Waals surface area (Å²) in [6.45, 7) is 1.85. The number of allylic oxidation sites excluding steroid dienone is 2. The maximum absolute atomic E-state index is 13.4. The molecule has 0 saturated heterocycles. The lowest BCUT2D eigenvalue weighted by Crippen LogP contribution is -2.29. The van der Waals surface area contributed by atoms with Crippen LogP contribution in [0.4, 0.5) is 5.88 Å². The van der Waals surface area contributed by atoms with Crippen LogP contribution in [0.15, 0.2) is 58.3 Å². The van der Waals surface area contributed by atoms with Gasteiger partial charge in [0.1, 0.15) is 5.75 Å². The number of nitrogens with zero attached hydrogens (tertiary/aromatic N) is 1. The van der Waals surface area contributed by atoms with E-state index in [0.29, 0.717) is 35.7 Å². The summed E-state index contributed by atoms with van der Waals surface area (Å²) in [5.41, 5.74) is 4.87. The number of phenolic OH excluding ortho intramolecular Hbond substituents is 2. The summed E-state index contributed by atoms with van der Waals surface area (Å²) in [5, 5.41) is 27.1. The lowest BCUT2D eigenvalue weighted by Gasteiger charge is -2.34. The molecular formula is C24H22N2O5. The molecule has 0 amide bonds. The van der Waals surface area contributed by atoms with Crippen LogP contribution < -0.4 is 10.1 Å². The van der Waals surface area contributed by atoms with Crippen molar-refractivity contribution in [3.63, 3.8) is 0 Å². The van der Waals surface area contributed by atoms with E-state index < -0.39 is 0 Å². The summed E-state index contributed by atoms with van der Waals surface area (Å²) in [6.07, 6.45) is 1.01. The number of ketones is 1. The summed E-state index contributed by atoms with van der Waals surface area (Å²) in [4.78, 5) is 13.4. The number of aromatic nitrogens is 1. The number of hydrogen-bond donors (Lipinski definition) is 3. The fraction of sp³-hybridized carbons (Fsp3) is 0.250. The van der Waals surface area contributed by atoms with E-state index in [2.05, 4.69) is 10.5 Å². The molecular weight excluding hydrogens is 396 g/mol. The zero-order valence-electron chi connectivity index (χ0n) is 17.2. The monoisotopic (exact) mass is 418 g/mol. The molecule has 0 bridgehead atoms. The Balaban J connectivity index is 1.62. The SMILES string of the molecule is COc1cc(C2C3=C(CC(c4ccc(O)cc4)CC3=O)Nc3onc(C)c32)ccc1O. The van der Waals surface area contributed by atoms with Gasteiger partial charge in [0.25, 0.3) is 0 Å². The fourth-order valence-electron chi connectivity index (χ4n) is 4.66. The van der Waals surface area contributed by atoms with Crippen molar-refractivity contribution in [1.29, 1.82) is 0 Å². The van der Waals surface area contributed by atoms with Crippen molar-refractivity contribution >= 4 is 11.7 Å². The van der Waals surface area contributed by atoms with Crippen molar-refractivity contribution in [1.82, 2.24) is 5.16 Å². The third kappa shape index (κ3) is 3.13. The minimum absolute atomic E-state index is 0.0000720. The molecule has 1 aliphatic carbocycles. The van der Waals surface area contributed by atoms with Crippen LogP contribution in [-0.4, -0.2) is 28.3 Å². The molecule has 158 valence electrons. The fourth-order valence-corrected chi connectivity index (χ4v) is 4.66. The topological polar surface area (TPSA) is 105 Å². The average Bonchev–Trinajstić information content (AvgIpc) is 3.13. The van der Waals surface area contributed by atoms with E-state index >= 15 is 0 Å². The standard InChI is InChI=1S/C24H22N2O5/c1-12-21-22(14-5-8-18(28)20(11-14)30-2)23-17(25-24(21)31-26-12)9-15(10-19(23)29)13-3-6-16(27)7-4-13/h3-8,11,15,22,25,27-28H,9-10H2,1-2H3. The molecule has 7 nitrogen and oxygen atoms in total. The summed E-state index contributed by atoms with van der Waals surface area (Å²) in [6, 6.07) is 12.1. The molecule has 31 heavy (non-hydrogen) atoms. The molecule has 2 aliphatic rings. The number of Topliss-reactive ketones (excluding diaryl/α,β-unsaturated/α-hetero) is 1. The molecule has 2 heterocycles. The predicted molar refractivity (Wildman–Crippen MR) is 113 cm³/mol. The molecule has 1 aromatic heterocycles. The van der Waals surface area contributed by atoms with Crippen molar-refractivity contribution in [2.45, 2.75) is 31.6 Å². The highest BCUT2D eigenvalue weighted by atomic mass is 16.5. The van der Waals surface area contributed by atoms with Crippen LogP contribution in [0.1, 0.15) is 47.1 Å². The maximum atomic E-state index is 13.4. The smallest absolute Gasteiger partial charge is 0.233 e. The maximum Gasteiger partial charge on any atom is 0.233 e. The quantitative estimate of drug-likeness (QED) is 0.580. The third-order valence-corrected chi connectivity index (χ3v) is 6.16. The number of anilines is 1. The normalized spacial score (nSPS) is 20.1. The minimum Gasteiger partial charge on any atom is -0.508 e. The molecule has 2 aromatic carbocycles. The van der Waals surface area contributed by atoms with Gasteiger partial charge < -0.3 is 24.8 Å². The van der Waals surface area contributed by atoms with Crippen LogP contribution in [0.2, 0.25) is 0 Å². The van der Waals surface area contributed by atoms with E-state index in [1.165, 1.54) is 7.11 Å². The van der Waals surface area contributed by atoms with E-state index in [4.69, 9.17) is 9.26 Å². The minimum atomic E-state index is -0.361. The van der Waals surface area contributed by atoms with Gasteiger partial charge in [-0.05, 0) is 54.7 Å². The second-order valence-electron chi connectivity index (χ2n) is 8.01. The van der Waals surface area contributed by atoms with Crippen LogP contribution in [-0.2, 0) is 4.79 Å². The molecule has 0 radical (unpaired) electrons. The molecule has 2 atom stereocenters. The molecule has 7 heteroatoms. The number of methoxy groups -OCH3 is 1. The number of ether oxygens (including phenoxy) is 1. The number of aryl methyl sites for hydroxylation is 1. The van der Waals surface area contributed by atoms with Gasteiger partial charge in [0.05, 0.1) is 18.4 Å². The van der Waals surface area contributed by atoms with E-state index in [-0.39, 0.29) is 29.1 Å². The van der Waals surface area contributed by atoms with Crippen molar-refractivity contribution < 1.29 is 24.3 Å². The Morgan fingerprint density at radius 1 is 1.10 bits per heavy atom. The highest BCUT2D eigenvalue weighted by molar-refractivity contribution is 6.01. The van der Waals surface area contributed by atoms with Gasteiger partial charge in [-0.2, -0.15) is 0 Å². The molecule has 0 spiro atoms. The molecule has 0 saturated carbocycles. The zero-order valence-corrected chi connectivity index (χ0v) is 17.2. The number of fused-ring (bicyclic) bond motifs is 1. The average molecular weight is 418 g/mol. The molecule has 2 unspecified atom stereocenters. The first kappa shape index (κ1) is 19.2. The van der Waals surface area contributed by atoms with E-state index in [9.17, 15) is 15.0 Å². The Labute approximate surface area is 179 Å². The number of aromatic hydroxyl groups is 2. The van der Waals surface area contributed by atoms with Gasteiger partial charge >= 0.3 is 0 Å². The van der Waals surface area contributed by atoms with Crippen LogP contribution in [0.5, 0.6) is 17.2 Å². The number of carbonyl (C=O) groups excluding carboxylic acids is 1. The summed E-state index contributed by atoms with van der Waals surface area (Å²) in [7, 11) is 1.50. The molecule has 3 aromatic rings. The van der Waals surface area contributed by atoms with Gasteiger partial charge in [0.2, 0.25) is 5.88 Å². The van der Waals surface area contributed by atoms with E-state index in [0.717, 1.165) is 22.4 Å². The summed E-state index contributed by atoms with van der Waals surface area (Å²) >= 11 is 0. The largest absolute Gasteiger partial charge is 0.508 e. The number of rotatable bonds is 3. The highest BCUT2D eigenvalue weighted by Crippen LogP contribution is 2.49. The number of carbonyl (C=O) groups is 1. The van der Waals surface area contributed by atoms with Crippen LogP contribution in [0.3, 0.4) is 0 Å². The van der Waals surface area contributed by atoms with Crippen LogP contribution >= 0.6 is 0 Å². The molecule has 5 rings (SSSR count). The van der Waals surface area contributed by atoms with Crippen molar-refractivity contribution in [2.24, 2.45) is 0 Å². The Hall–Kier alpha value is -3.74. The highest BCUT2D eigenvalue weighted by Gasteiger charge is 2.41. The Kier molecular flexibility index (Phi) is 4.46. The van der Waals surface area contributed by atoms with Gasteiger partial charge in [-0.25, -0.2) is 0 Å². The Morgan fingerprint density at radius 2 is 1.84 bits per heavy atom. The number of hydrogen-bond acceptors (Lipinski definition) is 7. The van der Waals surface area contributed by atoms with Crippen LogP contribution in [0, 0.1) is 6.92 Å². The number of phenols is 2. The van der Waals surface area contributed by atoms with Gasteiger partial charge in [-0.3, -0.25) is 4.79 Å². The lowest BCUT2D eigenvalue weighted by atomic mass is 9.72. The van der Waals surface area contributed by atoms with E-state index in [1.807, 2.05) is 19.1 Å². The third-order valence-electron chi connectivity index (χ3n) is 6.16. The van der Waals surface area contributed by atoms with Gasteiger partial charge in [-0.1, -0.05) is 23.4 Å². The van der Waals surface area contributed by atoms with Gasteiger partial charge in [0.15, 0.2) is 17.3 Å². The first-order valence-corrected chi connectivity index (χ1v) is 10.1. The van der Waals surface area contributed by atoms with Crippen molar-refractivity contribution in [2.75, 3.05) is 12.4 Å². The zero-order chi connectivity index (χ0) is 21.7. The molecule has 3 N–H and O–H groups in total. The Morgan fingerprint density at radius 3 is 2.58 bits per heavy atom. The first-order valence-electron chi connectivity index (χ1n) is 10.1. The van der Waals surface area contributed by atoms with E-state index in [1.54, 1.807) is 30.3 Å². The summed E-state index contributed by atoms with van der Waals surface area (Å²) < 4.78 is 10.8. The van der Waals surface area contributed by atoms with Gasteiger partial charge in [0, 0.05) is 23.6 Å². The van der Waals surface area contributed by atoms with Crippen molar-refractivity contribution in [3.8, 4) is 17.2 Å². The Bertz CT molecular complexity index is 1210. The number of benzene rings is 2. The molecule has 0 fully saturated rings. The first-order chi connectivity index (χ1) is 15.0. The second kappa shape index (κ2) is 7.19. The lowest BCUT2D eigenvalue weighted by molar-refractivity contribution is -0.116. The predicted octanol–water partition coefficient (Wildman–Crippen LogP) is 4.36.